The summed E-state index contributed by atoms with van der Waals surface area (Å²) in [4.78, 5) is 0. The Morgan fingerprint density at radius 3 is 2.52 bits per heavy atom. The predicted octanol–water partition coefficient (Wildman–Crippen LogP) is 5.84. The lowest BCUT2D eigenvalue weighted by Crippen LogP contribution is -2.24. The largest absolute Gasteiger partial charge is 0.306 e. The van der Waals surface area contributed by atoms with Crippen molar-refractivity contribution in [2.75, 3.05) is 6.54 Å². The van der Waals surface area contributed by atoms with E-state index in [9.17, 15) is 8.78 Å². The van der Waals surface area contributed by atoms with Crippen molar-refractivity contribution in [2.45, 2.75) is 13.0 Å². The van der Waals surface area contributed by atoms with Crippen LogP contribution in [0.5, 0.6) is 0 Å². The molecule has 0 amide bonds. The summed E-state index contributed by atoms with van der Waals surface area (Å²) in [6.45, 7) is 2.44. The Labute approximate surface area is 144 Å². The van der Waals surface area contributed by atoms with Crippen LogP contribution in [0.2, 0.25) is 5.02 Å². The second kappa shape index (κ2) is 7.18. The van der Waals surface area contributed by atoms with E-state index in [-0.39, 0.29) is 0 Å². The highest BCUT2D eigenvalue weighted by Crippen LogP contribution is 2.33. The summed E-state index contributed by atoms with van der Waals surface area (Å²) < 4.78 is 29.4. The molecule has 0 spiro atoms. The summed E-state index contributed by atoms with van der Waals surface area (Å²) in [6, 6.07) is 7.13. The first-order valence-electron chi connectivity index (χ1n) is 6.27. The van der Waals surface area contributed by atoms with E-state index in [1.54, 1.807) is 18.2 Å². The summed E-state index contributed by atoms with van der Waals surface area (Å²) in [5.74, 6) is -0.863. The van der Waals surface area contributed by atoms with E-state index < -0.39 is 17.7 Å². The maximum atomic E-state index is 14.3. The van der Waals surface area contributed by atoms with Crippen LogP contribution in [0.4, 0.5) is 8.78 Å². The molecule has 6 heteroatoms. The lowest BCUT2D eigenvalue weighted by atomic mass is 9.97. The van der Waals surface area contributed by atoms with E-state index in [0.29, 0.717) is 31.6 Å². The van der Waals surface area contributed by atoms with E-state index >= 15 is 0 Å². The highest BCUT2D eigenvalue weighted by atomic mass is 79.9. The first kappa shape index (κ1) is 16.9. The molecule has 2 aromatic carbocycles. The van der Waals surface area contributed by atoms with Crippen LogP contribution in [-0.4, -0.2) is 6.54 Å². The van der Waals surface area contributed by atoms with Gasteiger partial charge in [0.05, 0.1) is 15.5 Å². The van der Waals surface area contributed by atoms with Crippen LogP contribution in [0, 0.1) is 11.6 Å². The number of halogens is 5. The molecule has 1 atom stereocenters. The molecule has 0 aliphatic carbocycles. The minimum Gasteiger partial charge on any atom is -0.306 e. The minimum atomic E-state index is -0.613. The van der Waals surface area contributed by atoms with Crippen molar-refractivity contribution in [3.63, 3.8) is 0 Å². The summed E-state index contributed by atoms with van der Waals surface area (Å²) in [5, 5.41) is 3.48. The predicted molar refractivity (Wildman–Crippen MR) is 88.7 cm³/mol. The van der Waals surface area contributed by atoms with E-state index in [1.165, 1.54) is 12.1 Å². The molecule has 112 valence electrons. The monoisotopic (exact) mass is 437 g/mol. The van der Waals surface area contributed by atoms with Gasteiger partial charge in [0, 0.05) is 15.6 Å². The number of rotatable bonds is 4. The molecule has 0 fully saturated rings. The van der Waals surface area contributed by atoms with Gasteiger partial charge in [-0.05, 0) is 56.6 Å². The lowest BCUT2D eigenvalue weighted by molar-refractivity contribution is 0.528. The van der Waals surface area contributed by atoms with Gasteiger partial charge in [0.15, 0.2) is 0 Å². The smallest absolute Gasteiger partial charge is 0.142 e. The second-order valence-corrected chi connectivity index (χ2v) is 6.54. The molecular formula is C15H12Br2ClF2N. The molecule has 21 heavy (non-hydrogen) atoms. The normalized spacial score (nSPS) is 12.5. The zero-order valence-corrected chi connectivity index (χ0v) is 15.0. The van der Waals surface area contributed by atoms with Gasteiger partial charge in [-0.2, -0.15) is 0 Å². The van der Waals surface area contributed by atoms with Gasteiger partial charge in [-0.15, -0.1) is 0 Å². The van der Waals surface area contributed by atoms with Crippen molar-refractivity contribution in [3.8, 4) is 0 Å². The van der Waals surface area contributed by atoms with Crippen LogP contribution < -0.4 is 5.32 Å². The van der Waals surface area contributed by atoms with Crippen molar-refractivity contribution in [1.82, 2.24) is 5.32 Å². The summed E-state index contributed by atoms with van der Waals surface area (Å²) >= 11 is 12.4. The number of hydrogen-bond acceptors (Lipinski definition) is 1. The zero-order chi connectivity index (χ0) is 15.6. The molecule has 0 bridgehead atoms. The van der Waals surface area contributed by atoms with Gasteiger partial charge >= 0.3 is 0 Å². The molecule has 0 aliphatic heterocycles. The number of benzene rings is 2. The van der Waals surface area contributed by atoms with Crippen molar-refractivity contribution in [1.29, 1.82) is 0 Å². The molecular weight excluding hydrogens is 427 g/mol. The van der Waals surface area contributed by atoms with Crippen LogP contribution >= 0.6 is 43.5 Å². The highest BCUT2D eigenvalue weighted by molar-refractivity contribution is 9.10. The molecule has 1 N–H and O–H groups in total. The van der Waals surface area contributed by atoms with Crippen LogP contribution in [0.1, 0.15) is 24.1 Å². The van der Waals surface area contributed by atoms with Crippen LogP contribution in [-0.2, 0) is 0 Å². The first-order valence-corrected chi connectivity index (χ1v) is 8.23. The fourth-order valence-electron chi connectivity index (χ4n) is 2.09. The molecule has 2 rings (SSSR count). The van der Waals surface area contributed by atoms with Crippen molar-refractivity contribution in [3.05, 3.63) is 67.1 Å². The SMILES string of the molecule is CCNC(c1cc(Cl)c(Br)cc1F)c1cccc(Br)c1F. The first-order chi connectivity index (χ1) is 9.95. The number of nitrogens with one attached hydrogen (secondary N) is 1. The Morgan fingerprint density at radius 1 is 1.14 bits per heavy atom. The minimum absolute atomic E-state index is 0.307. The third-order valence-electron chi connectivity index (χ3n) is 3.05. The van der Waals surface area contributed by atoms with Gasteiger partial charge in [0.25, 0.3) is 0 Å². The lowest BCUT2D eigenvalue weighted by Gasteiger charge is -2.21. The highest BCUT2D eigenvalue weighted by Gasteiger charge is 2.22. The van der Waals surface area contributed by atoms with Crippen LogP contribution in [0.15, 0.2) is 39.3 Å². The van der Waals surface area contributed by atoms with Crippen molar-refractivity contribution in [2.24, 2.45) is 0 Å². The molecule has 0 heterocycles. The van der Waals surface area contributed by atoms with Crippen LogP contribution in [0.3, 0.4) is 0 Å². The average Bonchev–Trinajstić information content (AvgIpc) is 2.44. The molecule has 0 saturated heterocycles. The third-order valence-corrected chi connectivity index (χ3v) is 4.86. The van der Waals surface area contributed by atoms with Crippen molar-refractivity contribution >= 4 is 43.5 Å². The van der Waals surface area contributed by atoms with Gasteiger partial charge in [0.1, 0.15) is 11.6 Å². The fourth-order valence-corrected chi connectivity index (χ4v) is 2.96. The van der Waals surface area contributed by atoms with Crippen LogP contribution in [0.25, 0.3) is 0 Å². The average molecular weight is 440 g/mol. The van der Waals surface area contributed by atoms with Gasteiger partial charge in [0.2, 0.25) is 0 Å². The fraction of sp³-hybridized carbons (Fsp3) is 0.200. The zero-order valence-electron chi connectivity index (χ0n) is 11.1. The second-order valence-electron chi connectivity index (χ2n) is 4.42. The Bertz CT molecular complexity index is 664. The molecule has 1 nitrogen and oxygen atoms in total. The van der Waals surface area contributed by atoms with Gasteiger partial charge in [-0.25, -0.2) is 8.78 Å². The van der Waals surface area contributed by atoms with Gasteiger partial charge in [-0.1, -0.05) is 30.7 Å². The molecule has 0 saturated carbocycles. The Morgan fingerprint density at radius 2 is 1.86 bits per heavy atom. The van der Waals surface area contributed by atoms with E-state index in [0.717, 1.165) is 0 Å². The van der Waals surface area contributed by atoms with Gasteiger partial charge in [-0.3, -0.25) is 0 Å². The Hall–Kier alpha value is -0.490. The van der Waals surface area contributed by atoms with Crippen molar-refractivity contribution < 1.29 is 8.78 Å². The Kier molecular flexibility index (Phi) is 5.77. The Balaban J connectivity index is 2.59. The van der Waals surface area contributed by atoms with E-state index in [4.69, 9.17) is 11.6 Å². The molecule has 2 aromatic rings. The summed E-state index contributed by atoms with van der Waals surface area (Å²) in [7, 11) is 0. The quantitative estimate of drug-likeness (QED) is 0.590. The van der Waals surface area contributed by atoms with E-state index in [2.05, 4.69) is 37.2 Å². The van der Waals surface area contributed by atoms with E-state index in [1.807, 2.05) is 6.92 Å². The molecule has 0 aromatic heterocycles. The molecule has 1 unspecified atom stereocenters. The molecule has 0 aliphatic rings. The number of hydrogen-bond donors (Lipinski definition) is 1. The maximum absolute atomic E-state index is 14.3. The molecule has 0 radical (unpaired) electrons. The summed E-state index contributed by atoms with van der Waals surface area (Å²) in [6.07, 6.45) is 0. The van der Waals surface area contributed by atoms with Gasteiger partial charge < -0.3 is 5.32 Å². The maximum Gasteiger partial charge on any atom is 0.142 e. The topological polar surface area (TPSA) is 12.0 Å². The summed E-state index contributed by atoms with van der Waals surface area (Å²) in [5.41, 5.74) is 0.672. The standard InChI is InChI=1S/C15H12Br2ClF2N/c1-2-21-15(8-4-3-5-10(16)14(8)20)9-6-12(18)11(17)7-13(9)19/h3-7,15,21H,2H2,1H3. The third kappa shape index (κ3) is 3.65.